The molecular weight excluding hydrogens is 297 g/mol. The van der Waals surface area contributed by atoms with Crippen LogP contribution in [0, 0.1) is 0 Å². The Morgan fingerprint density at radius 2 is 2.00 bits per heavy atom. The van der Waals surface area contributed by atoms with Gasteiger partial charge >= 0.3 is 12.2 Å². The van der Waals surface area contributed by atoms with Crippen molar-refractivity contribution in [1.29, 1.82) is 0 Å². The molecule has 1 aromatic carbocycles. The predicted octanol–water partition coefficient (Wildman–Crippen LogP) is 2.42. The highest BCUT2D eigenvalue weighted by Crippen LogP contribution is 2.44. The van der Waals surface area contributed by atoms with E-state index in [0.717, 1.165) is 25.3 Å². The van der Waals surface area contributed by atoms with Gasteiger partial charge in [-0.3, -0.25) is 0 Å². The highest BCUT2D eigenvalue weighted by atomic mass is 19.4. The summed E-state index contributed by atoms with van der Waals surface area (Å²) in [7, 11) is 0. The minimum Gasteiger partial charge on any atom is -0.395 e. The zero-order valence-electron chi connectivity index (χ0n) is 12.0. The van der Waals surface area contributed by atoms with Gasteiger partial charge in [0.05, 0.1) is 12.2 Å². The molecular formula is C15H19F3N2O2. The van der Waals surface area contributed by atoms with Gasteiger partial charge in [-0.1, -0.05) is 24.6 Å². The van der Waals surface area contributed by atoms with Crippen molar-refractivity contribution >= 4 is 6.03 Å². The van der Waals surface area contributed by atoms with Crippen LogP contribution in [-0.4, -0.2) is 30.8 Å². The number of alkyl halides is 3. The first kappa shape index (κ1) is 16.6. The van der Waals surface area contributed by atoms with Crippen molar-refractivity contribution < 1.29 is 23.1 Å². The van der Waals surface area contributed by atoms with Gasteiger partial charge in [-0.2, -0.15) is 13.2 Å². The molecule has 2 rings (SSSR count). The summed E-state index contributed by atoms with van der Waals surface area (Å²) >= 11 is 0. The summed E-state index contributed by atoms with van der Waals surface area (Å²) in [6, 6.07) is 4.89. The van der Waals surface area contributed by atoms with Crippen LogP contribution >= 0.6 is 0 Å². The summed E-state index contributed by atoms with van der Waals surface area (Å²) in [4.78, 5) is 11.5. The van der Waals surface area contributed by atoms with E-state index in [-0.39, 0.29) is 19.7 Å². The van der Waals surface area contributed by atoms with Crippen LogP contribution in [0.2, 0.25) is 0 Å². The minimum atomic E-state index is -4.37. The summed E-state index contributed by atoms with van der Waals surface area (Å²) in [5.41, 5.74) is -0.491. The van der Waals surface area contributed by atoms with Gasteiger partial charge in [-0.15, -0.1) is 0 Å². The van der Waals surface area contributed by atoms with E-state index in [1.54, 1.807) is 6.07 Å². The Balaban J connectivity index is 2.09. The first-order valence-corrected chi connectivity index (χ1v) is 7.18. The standard InChI is InChI=1S/C15H19F3N2O2/c16-15(17,18)12-4-1-3-11(9-12)14(5-2-6-14)10-20-13(22)19-7-8-21/h1,3-4,9,21H,2,5-8,10H2,(H2,19,20,22). The summed E-state index contributed by atoms with van der Waals surface area (Å²) in [5.74, 6) is 0. The lowest BCUT2D eigenvalue weighted by Crippen LogP contribution is -2.48. The average Bonchev–Trinajstić information content (AvgIpc) is 2.43. The van der Waals surface area contributed by atoms with Crippen molar-refractivity contribution in [2.24, 2.45) is 0 Å². The molecule has 1 saturated carbocycles. The second-order valence-corrected chi connectivity index (χ2v) is 5.55. The molecule has 0 atom stereocenters. The number of carbonyl (C=O) groups is 1. The molecule has 1 aliphatic carbocycles. The number of aliphatic hydroxyl groups is 1. The number of aliphatic hydroxyl groups excluding tert-OH is 1. The molecule has 4 nitrogen and oxygen atoms in total. The van der Waals surface area contributed by atoms with Gasteiger partial charge in [-0.05, 0) is 24.5 Å². The normalized spacial score (nSPS) is 16.7. The number of halogens is 3. The van der Waals surface area contributed by atoms with Crippen LogP contribution in [-0.2, 0) is 11.6 Å². The number of rotatable bonds is 5. The summed E-state index contributed by atoms with van der Waals surface area (Å²) in [6.07, 6.45) is -1.95. The Bertz CT molecular complexity index is 528. The molecule has 0 bridgehead atoms. The lowest BCUT2D eigenvalue weighted by Gasteiger charge is -2.42. The lowest BCUT2D eigenvalue weighted by molar-refractivity contribution is -0.137. The quantitative estimate of drug-likeness (QED) is 0.781. The number of nitrogens with one attached hydrogen (secondary N) is 2. The number of hydrogen-bond donors (Lipinski definition) is 3. The smallest absolute Gasteiger partial charge is 0.395 e. The fourth-order valence-electron chi connectivity index (χ4n) is 2.68. The average molecular weight is 316 g/mol. The minimum absolute atomic E-state index is 0.141. The molecule has 2 amide bonds. The number of urea groups is 1. The van der Waals surface area contributed by atoms with Crippen LogP contribution in [0.4, 0.5) is 18.0 Å². The van der Waals surface area contributed by atoms with Crippen molar-refractivity contribution in [2.75, 3.05) is 19.7 Å². The van der Waals surface area contributed by atoms with Crippen LogP contribution in [0.15, 0.2) is 24.3 Å². The molecule has 0 heterocycles. The summed E-state index contributed by atoms with van der Waals surface area (Å²) < 4.78 is 38.5. The van der Waals surface area contributed by atoms with E-state index in [4.69, 9.17) is 5.11 Å². The van der Waals surface area contributed by atoms with Gasteiger partial charge in [-0.25, -0.2) is 4.79 Å². The summed E-state index contributed by atoms with van der Waals surface area (Å²) in [5, 5.41) is 13.8. The molecule has 3 N–H and O–H groups in total. The second kappa shape index (κ2) is 6.56. The number of hydrogen-bond acceptors (Lipinski definition) is 2. The second-order valence-electron chi connectivity index (χ2n) is 5.55. The third kappa shape index (κ3) is 3.71. The van der Waals surface area contributed by atoms with Gasteiger partial charge < -0.3 is 15.7 Å². The van der Waals surface area contributed by atoms with E-state index in [0.29, 0.717) is 5.56 Å². The largest absolute Gasteiger partial charge is 0.416 e. The van der Waals surface area contributed by atoms with E-state index < -0.39 is 23.2 Å². The van der Waals surface area contributed by atoms with Gasteiger partial charge in [0, 0.05) is 18.5 Å². The van der Waals surface area contributed by atoms with Crippen molar-refractivity contribution in [2.45, 2.75) is 30.9 Å². The molecule has 1 fully saturated rings. The molecule has 0 aliphatic heterocycles. The number of benzene rings is 1. The highest BCUT2D eigenvalue weighted by Gasteiger charge is 2.40. The maximum absolute atomic E-state index is 12.8. The van der Waals surface area contributed by atoms with Crippen LogP contribution in [0.1, 0.15) is 30.4 Å². The molecule has 0 radical (unpaired) electrons. The van der Waals surface area contributed by atoms with E-state index in [1.165, 1.54) is 12.1 Å². The van der Waals surface area contributed by atoms with E-state index in [1.807, 2.05) is 0 Å². The first-order chi connectivity index (χ1) is 10.4. The van der Waals surface area contributed by atoms with Crippen LogP contribution in [0.3, 0.4) is 0 Å². The van der Waals surface area contributed by atoms with E-state index in [9.17, 15) is 18.0 Å². The molecule has 122 valence electrons. The summed E-state index contributed by atoms with van der Waals surface area (Å²) in [6.45, 7) is 0.264. The fourth-order valence-corrected chi connectivity index (χ4v) is 2.68. The predicted molar refractivity (Wildman–Crippen MR) is 75.5 cm³/mol. The molecule has 0 spiro atoms. The maximum atomic E-state index is 12.8. The Morgan fingerprint density at radius 3 is 2.55 bits per heavy atom. The number of carbonyl (C=O) groups excluding carboxylic acids is 1. The third-order valence-corrected chi connectivity index (χ3v) is 4.10. The molecule has 0 aromatic heterocycles. The topological polar surface area (TPSA) is 61.4 Å². The first-order valence-electron chi connectivity index (χ1n) is 7.18. The molecule has 1 aliphatic rings. The molecule has 1 aromatic rings. The highest BCUT2D eigenvalue weighted by molar-refractivity contribution is 5.74. The van der Waals surface area contributed by atoms with Crippen molar-refractivity contribution in [3.05, 3.63) is 35.4 Å². The Labute approximate surface area is 126 Å². The fraction of sp³-hybridized carbons (Fsp3) is 0.533. The zero-order chi connectivity index (χ0) is 16.2. The van der Waals surface area contributed by atoms with Gasteiger partial charge in [0.1, 0.15) is 0 Å². The molecule has 7 heteroatoms. The van der Waals surface area contributed by atoms with E-state index in [2.05, 4.69) is 10.6 Å². The molecule has 0 unspecified atom stereocenters. The van der Waals surface area contributed by atoms with Crippen LogP contribution in [0.25, 0.3) is 0 Å². The molecule has 0 saturated heterocycles. The van der Waals surface area contributed by atoms with Gasteiger partial charge in [0.2, 0.25) is 0 Å². The van der Waals surface area contributed by atoms with Gasteiger partial charge in [0.15, 0.2) is 0 Å². The maximum Gasteiger partial charge on any atom is 0.416 e. The zero-order valence-corrected chi connectivity index (χ0v) is 12.0. The van der Waals surface area contributed by atoms with Crippen molar-refractivity contribution in [1.82, 2.24) is 10.6 Å². The Hall–Kier alpha value is -1.76. The Morgan fingerprint density at radius 1 is 1.27 bits per heavy atom. The Kier molecular flexibility index (Phi) is 4.95. The monoisotopic (exact) mass is 316 g/mol. The van der Waals surface area contributed by atoms with Gasteiger partial charge in [0.25, 0.3) is 0 Å². The van der Waals surface area contributed by atoms with Crippen LogP contribution in [0.5, 0.6) is 0 Å². The third-order valence-electron chi connectivity index (χ3n) is 4.10. The SMILES string of the molecule is O=C(NCCO)NCC1(c2cccc(C(F)(F)F)c2)CCC1. The van der Waals surface area contributed by atoms with Crippen molar-refractivity contribution in [3.63, 3.8) is 0 Å². The number of amides is 2. The molecule has 22 heavy (non-hydrogen) atoms. The van der Waals surface area contributed by atoms with Crippen LogP contribution < -0.4 is 10.6 Å². The lowest BCUT2D eigenvalue weighted by atomic mass is 9.64. The van der Waals surface area contributed by atoms with Crippen molar-refractivity contribution in [3.8, 4) is 0 Å². The van der Waals surface area contributed by atoms with E-state index >= 15 is 0 Å².